The summed E-state index contributed by atoms with van der Waals surface area (Å²) in [7, 11) is -3.75. The zero-order valence-electron chi connectivity index (χ0n) is 21.8. The van der Waals surface area contributed by atoms with Crippen LogP contribution in [0.1, 0.15) is 101 Å². The molecule has 34 heavy (non-hydrogen) atoms. The lowest BCUT2D eigenvalue weighted by atomic mass is 9.90. The monoisotopic (exact) mass is 478 g/mol. The number of benzene rings is 3. The van der Waals surface area contributed by atoms with Crippen LogP contribution in [0.4, 0.5) is 0 Å². The predicted octanol–water partition coefficient (Wildman–Crippen LogP) is 9.16. The van der Waals surface area contributed by atoms with Crippen molar-refractivity contribution in [1.82, 2.24) is 0 Å². The van der Waals surface area contributed by atoms with Gasteiger partial charge in [0, 0.05) is 11.1 Å². The van der Waals surface area contributed by atoms with Gasteiger partial charge in [0.1, 0.15) is 11.5 Å². The van der Waals surface area contributed by atoms with E-state index in [-0.39, 0.29) is 11.8 Å². The Labute approximate surface area is 206 Å². The summed E-state index contributed by atoms with van der Waals surface area (Å²) >= 11 is 0. The molecule has 0 aliphatic heterocycles. The van der Waals surface area contributed by atoms with Crippen molar-refractivity contribution in [2.45, 2.75) is 79.1 Å². The minimum atomic E-state index is -3.75. The van der Waals surface area contributed by atoms with Crippen LogP contribution in [0.3, 0.4) is 0 Å². The molecular formula is C30H39O3P. The summed E-state index contributed by atoms with van der Waals surface area (Å²) < 4.78 is 27.5. The maximum absolute atomic E-state index is 14.6. The molecule has 0 fully saturated rings. The molecule has 0 saturated carbocycles. The number of rotatable bonds is 9. The highest BCUT2D eigenvalue weighted by Gasteiger charge is 2.34. The van der Waals surface area contributed by atoms with E-state index in [1.54, 1.807) is 0 Å². The molecule has 0 unspecified atom stereocenters. The summed E-state index contributed by atoms with van der Waals surface area (Å²) in [6.45, 7) is 17.3. The molecule has 0 spiro atoms. The molecule has 0 bridgehead atoms. The van der Waals surface area contributed by atoms with Crippen LogP contribution in [0, 0.1) is 0 Å². The zero-order chi connectivity index (χ0) is 25.0. The van der Waals surface area contributed by atoms with Crippen LogP contribution in [0.25, 0.3) is 0 Å². The Morgan fingerprint density at radius 2 is 0.941 bits per heavy atom. The molecule has 0 aliphatic rings. The highest BCUT2D eigenvalue weighted by Crippen LogP contribution is 2.51. The Balaban J connectivity index is 2.18. The Hall–Kier alpha value is -2.51. The number of hydrogen-bond donors (Lipinski definition) is 0. The Bertz CT molecular complexity index is 1080. The number of hydrogen-bond acceptors (Lipinski definition) is 3. The van der Waals surface area contributed by atoms with Gasteiger partial charge in [0.25, 0.3) is 0 Å². The Morgan fingerprint density at radius 1 is 0.529 bits per heavy atom. The van der Waals surface area contributed by atoms with Crippen molar-refractivity contribution in [2.75, 3.05) is 0 Å². The van der Waals surface area contributed by atoms with E-state index in [0.29, 0.717) is 28.6 Å². The highest BCUT2D eigenvalue weighted by atomic mass is 31.2. The largest absolute Gasteiger partial charge is 0.462 e. The third-order valence-electron chi connectivity index (χ3n) is 6.11. The van der Waals surface area contributed by atoms with Crippen LogP contribution < -0.4 is 14.4 Å². The topological polar surface area (TPSA) is 35.5 Å². The first-order valence-electron chi connectivity index (χ1n) is 12.4. The predicted molar refractivity (Wildman–Crippen MR) is 144 cm³/mol. The minimum absolute atomic E-state index is 0.216. The summed E-state index contributed by atoms with van der Waals surface area (Å²) in [6.07, 6.45) is 0. The molecule has 0 atom stereocenters. The standard InChI is InChI=1S/C30H39O3P/c1-20(2)25-16-12-18-27(29(25)22(5)6)32-34(31,24-14-10-9-11-15-24)33-28-19-13-17-26(21(3)4)30(28)23(7)8/h9-23H,1-8H3. The molecule has 3 aromatic carbocycles. The van der Waals surface area contributed by atoms with Gasteiger partial charge >= 0.3 is 7.60 Å². The fraction of sp³-hybridized carbons (Fsp3) is 0.400. The average Bonchev–Trinajstić information content (AvgIpc) is 2.78. The molecule has 0 aromatic heterocycles. The van der Waals surface area contributed by atoms with Gasteiger partial charge in [-0.15, -0.1) is 0 Å². The van der Waals surface area contributed by atoms with Gasteiger partial charge in [0.15, 0.2) is 0 Å². The van der Waals surface area contributed by atoms with Gasteiger partial charge in [0.2, 0.25) is 0 Å². The summed E-state index contributed by atoms with van der Waals surface area (Å²) in [6, 6.07) is 21.3. The molecule has 0 saturated heterocycles. The Kier molecular flexibility index (Phi) is 8.31. The molecule has 0 aliphatic carbocycles. The van der Waals surface area contributed by atoms with Gasteiger partial charge < -0.3 is 9.05 Å². The van der Waals surface area contributed by atoms with Crippen LogP contribution in [-0.2, 0) is 4.57 Å². The van der Waals surface area contributed by atoms with E-state index in [2.05, 4.69) is 67.5 Å². The first-order valence-corrected chi connectivity index (χ1v) is 13.9. The molecule has 3 aromatic rings. The van der Waals surface area contributed by atoms with Crippen LogP contribution in [0.15, 0.2) is 66.7 Å². The van der Waals surface area contributed by atoms with Crippen molar-refractivity contribution in [3.8, 4) is 11.5 Å². The molecular weight excluding hydrogens is 439 g/mol. The average molecular weight is 479 g/mol. The van der Waals surface area contributed by atoms with E-state index in [9.17, 15) is 4.57 Å². The maximum Gasteiger partial charge on any atom is 0.462 e. The van der Waals surface area contributed by atoms with E-state index in [1.165, 1.54) is 11.1 Å². The summed E-state index contributed by atoms with van der Waals surface area (Å²) in [4.78, 5) is 0. The first-order chi connectivity index (χ1) is 16.0. The molecule has 3 nitrogen and oxygen atoms in total. The van der Waals surface area contributed by atoms with Crippen molar-refractivity contribution < 1.29 is 13.6 Å². The lowest BCUT2D eigenvalue weighted by molar-refractivity contribution is 0.393. The highest BCUT2D eigenvalue weighted by molar-refractivity contribution is 7.63. The molecule has 182 valence electrons. The van der Waals surface area contributed by atoms with E-state index in [1.807, 2.05) is 54.6 Å². The van der Waals surface area contributed by atoms with E-state index in [4.69, 9.17) is 9.05 Å². The van der Waals surface area contributed by atoms with Crippen molar-refractivity contribution in [2.24, 2.45) is 0 Å². The van der Waals surface area contributed by atoms with Gasteiger partial charge in [0.05, 0.1) is 5.30 Å². The molecule has 3 rings (SSSR count). The van der Waals surface area contributed by atoms with Crippen LogP contribution in [-0.4, -0.2) is 0 Å². The zero-order valence-corrected chi connectivity index (χ0v) is 22.7. The van der Waals surface area contributed by atoms with E-state index in [0.717, 1.165) is 11.1 Å². The van der Waals surface area contributed by atoms with E-state index >= 15 is 0 Å². The summed E-state index contributed by atoms with van der Waals surface area (Å²) in [5, 5.41) is 0.546. The van der Waals surface area contributed by atoms with Gasteiger partial charge in [-0.25, -0.2) is 4.57 Å². The third kappa shape index (κ3) is 5.58. The van der Waals surface area contributed by atoms with Crippen LogP contribution in [0.2, 0.25) is 0 Å². The Morgan fingerprint density at radius 3 is 1.29 bits per heavy atom. The minimum Gasteiger partial charge on any atom is -0.412 e. The molecule has 0 amide bonds. The SMILES string of the molecule is CC(C)c1cccc(OP(=O)(Oc2cccc(C(C)C)c2C(C)C)c2ccccc2)c1C(C)C. The lowest BCUT2D eigenvalue weighted by Crippen LogP contribution is -2.17. The van der Waals surface area contributed by atoms with Crippen molar-refractivity contribution in [3.63, 3.8) is 0 Å². The van der Waals surface area contributed by atoms with Gasteiger partial charge in [-0.3, -0.25) is 0 Å². The lowest BCUT2D eigenvalue weighted by Gasteiger charge is -2.27. The molecule has 4 heteroatoms. The van der Waals surface area contributed by atoms with Crippen molar-refractivity contribution >= 4 is 12.9 Å². The fourth-order valence-electron chi connectivity index (χ4n) is 4.52. The summed E-state index contributed by atoms with van der Waals surface area (Å²) in [5.41, 5.74) is 4.57. The quantitative estimate of drug-likeness (QED) is 0.288. The van der Waals surface area contributed by atoms with Gasteiger partial charge in [-0.2, -0.15) is 0 Å². The fourth-order valence-corrected chi connectivity index (χ4v) is 6.14. The van der Waals surface area contributed by atoms with Gasteiger partial charge in [-0.1, -0.05) is 97.9 Å². The molecule has 0 heterocycles. The van der Waals surface area contributed by atoms with Crippen LogP contribution >= 0.6 is 7.60 Å². The third-order valence-corrected chi connectivity index (χ3v) is 7.91. The van der Waals surface area contributed by atoms with E-state index < -0.39 is 7.60 Å². The molecule has 0 N–H and O–H groups in total. The normalized spacial score (nSPS) is 12.1. The van der Waals surface area contributed by atoms with Crippen LogP contribution in [0.5, 0.6) is 11.5 Å². The smallest absolute Gasteiger partial charge is 0.412 e. The second-order valence-corrected chi connectivity index (χ2v) is 12.0. The van der Waals surface area contributed by atoms with Crippen molar-refractivity contribution in [3.05, 3.63) is 89.0 Å². The second-order valence-electron chi connectivity index (χ2n) is 10.2. The maximum atomic E-state index is 14.6. The van der Waals surface area contributed by atoms with Gasteiger partial charge in [-0.05, 0) is 59.1 Å². The summed E-state index contributed by atoms with van der Waals surface area (Å²) in [5.74, 6) is 2.34. The second kappa shape index (κ2) is 10.8. The van der Waals surface area contributed by atoms with Crippen molar-refractivity contribution in [1.29, 1.82) is 0 Å². The first kappa shape index (κ1) is 26.1. The molecule has 0 radical (unpaired) electrons.